The summed E-state index contributed by atoms with van der Waals surface area (Å²) in [7, 11) is 0.809. The minimum atomic E-state index is -5.29. The van der Waals surface area contributed by atoms with E-state index in [9.17, 15) is 64.5 Å². The number of methoxy groups -OCH3 is 1. The molecule has 0 saturated carbocycles. The number of hydrogen-bond donors (Lipinski definition) is 6. The number of nitrogens with one attached hydrogen (secondary N) is 4. The molecule has 18 nitrogen and oxygen atoms in total. The Morgan fingerprint density at radius 3 is 2.03 bits per heavy atom. The number of halogens is 10. The molecule has 2 aliphatic rings. The van der Waals surface area contributed by atoms with Gasteiger partial charge in [0.2, 0.25) is 5.91 Å². The number of carboxylic acid groups (broad SMARTS) is 1. The third-order valence-corrected chi connectivity index (χ3v) is 13.5. The summed E-state index contributed by atoms with van der Waals surface area (Å²) >= 11 is 0. The molecule has 5 atom stereocenters. The lowest BCUT2D eigenvalue weighted by atomic mass is 9.82. The minimum absolute atomic E-state index is 0.186. The van der Waals surface area contributed by atoms with E-state index in [4.69, 9.17) is 4.74 Å². The normalized spacial score (nSPS) is 17.0. The van der Waals surface area contributed by atoms with E-state index in [-0.39, 0.29) is 27.5 Å². The standard InChI is InChI=1S/C50H56F10N10O8/c1-47(2,49(55,56)57)40(64-46(76)77-5)42(72)62-37(20-29-9-6-28(7-10-29)8-11-30-12-13-39(61-23-30)68-17-16-67-18-19-78-27-32(67)24-68)38(71)26-69(66-43(73)41(63-45(74)75)48(3,4)50(58,59)60)25-33-34(51)21-31(22-35(33)52)36-14-15-70(65-36)44(53)54/h6-7,9-10,12-15,21-23,32,37-38,40-41,44,63,71H,16-20,24-27H2,1-5H3,(H,62,72)(H,64,76)(H,66,73)(H,74,75)/t32-,37-,38-,40+,41+/m0/s1. The van der Waals surface area contributed by atoms with Gasteiger partial charge in [-0.25, -0.2) is 33.0 Å². The van der Waals surface area contributed by atoms with Gasteiger partial charge in [0.15, 0.2) is 0 Å². The first-order valence-corrected chi connectivity index (χ1v) is 24.0. The number of nitrogens with zero attached hydrogens (tertiary/aromatic N) is 6. The van der Waals surface area contributed by atoms with Crippen molar-refractivity contribution in [3.63, 3.8) is 0 Å². The van der Waals surface area contributed by atoms with Crippen LogP contribution in [0, 0.1) is 34.3 Å². The van der Waals surface area contributed by atoms with Crippen molar-refractivity contribution < 1.29 is 82.8 Å². The van der Waals surface area contributed by atoms with Gasteiger partial charge in [0, 0.05) is 73.9 Å². The van der Waals surface area contributed by atoms with Crippen LogP contribution in [0.25, 0.3) is 11.3 Å². The lowest BCUT2D eigenvalue weighted by Gasteiger charge is -2.44. The molecule has 0 spiro atoms. The molecule has 0 radical (unpaired) electrons. The molecule has 2 aromatic heterocycles. The third-order valence-electron chi connectivity index (χ3n) is 13.5. The van der Waals surface area contributed by atoms with Gasteiger partial charge >= 0.3 is 31.1 Å². The number of anilines is 1. The Kier molecular flexibility index (Phi) is 18.9. The second-order valence-corrected chi connectivity index (χ2v) is 19.6. The smallest absolute Gasteiger partial charge is 0.407 e. The Morgan fingerprint density at radius 2 is 1.46 bits per heavy atom. The fourth-order valence-electron chi connectivity index (χ4n) is 8.47. The number of aliphatic hydroxyl groups excluding tert-OH is 1. The lowest BCUT2D eigenvalue weighted by molar-refractivity contribution is -0.221. The third kappa shape index (κ3) is 14.7. The molecule has 0 aliphatic carbocycles. The Balaban J connectivity index is 1.32. The van der Waals surface area contributed by atoms with Gasteiger partial charge in [-0.1, -0.05) is 24.0 Å². The van der Waals surface area contributed by atoms with E-state index >= 15 is 8.78 Å². The van der Waals surface area contributed by atoms with E-state index in [1.54, 1.807) is 12.3 Å². The van der Waals surface area contributed by atoms with E-state index in [0.29, 0.717) is 69.2 Å². The zero-order valence-electron chi connectivity index (χ0n) is 42.5. The second-order valence-electron chi connectivity index (χ2n) is 19.6. The Labute approximate surface area is 440 Å². The number of rotatable bonds is 18. The molecule has 28 heteroatoms. The van der Waals surface area contributed by atoms with Gasteiger partial charge < -0.3 is 40.5 Å². The highest BCUT2D eigenvalue weighted by molar-refractivity contribution is 5.87. The zero-order chi connectivity index (χ0) is 57.5. The fraction of sp³-hybridized carbons (Fsp3) is 0.480. The average Bonchev–Trinajstić information content (AvgIpc) is 3.88. The largest absolute Gasteiger partial charge is 0.465 e. The van der Waals surface area contributed by atoms with Crippen LogP contribution < -0.4 is 26.3 Å². The zero-order valence-corrected chi connectivity index (χ0v) is 42.5. The molecule has 424 valence electrons. The number of carbonyl (C=O) groups excluding carboxylic acids is 3. The summed E-state index contributed by atoms with van der Waals surface area (Å²) in [6.07, 6.45) is -14.3. The molecule has 0 unspecified atom stereocenters. The fourth-order valence-corrected chi connectivity index (χ4v) is 8.47. The highest BCUT2D eigenvalue weighted by atomic mass is 19.4. The van der Waals surface area contributed by atoms with E-state index in [1.165, 1.54) is 29.6 Å². The maximum atomic E-state index is 16.0. The van der Waals surface area contributed by atoms with Crippen molar-refractivity contribution in [2.24, 2.45) is 10.8 Å². The maximum Gasteiger partial charge on any atom is 0.407 e. The Bertz CT molecular complexity index is 2800. The molecule has 0 bridgehead atoms. The average molecular weight is 1120 g/mol. The van der Waals surface area contributed by atoms with Crippen LogP contribution in [0.4, 0.5) is 59.3 Å². The van der Waals surface area contributed by atoms with Gasteiger partial charge in [-0.05, 0) is 82.1 Å². The molecule has 2 saturated heterocycles. The number of aromatic nitrogens is 3. The van der Waals surface area contributed by atoms with Crippen molar-refractivity contribution in [2.45, 2.75) is 89.8 Å². The van der Waals surface area contributed by atoms with Crippen molar-refractivity contribution in [3.05, 3.63) is 101 Å². The van der Waals surface area contributed by atoms with Crippen LogP contribution >= 0.6 is 0 Å². The molecule has 2 aromatic carbocycles. The number of morpholine rings is 1. The van der Waals surface area contributed by atoms with Crippen LogP contribution in [0.3, 0.4) is 0 Å². The minimum Gasteiger partial charge on any atom is -0.465 e. The molecule has 6 N–H and O–H groups in total. The number of hydrogen-bond acceptors (Lipinski definition) is 12. The first-order valence-electron chi connectivity index (χ1n) is 24.0. The lowest BCUT2D eigenvalue weighted by Crippen LogP contribution is -2.63. The summed E-state index contributed by atoms with van der Waals surface area (Å²) in [5.41, 5.74) is -4.71. The first-order chi connectivity index (χ1) is 36.5. The van der Waals surface area contributed by atoms with Gasteiger partial charge in [0.05, 0.1) is 55.0 Å². The van der Waals surface area contributed by atoms with Crippen molar-refractivity contribution in [2.75, 3.05) is 57.9 Å². The summed E-state index contributed by atoms with van der Waals surface area (Å²) in [6.45, 7) is 1.20. The number of benzene rings is 2. The van der Waals surface area contributed by atoms with Crippen molar-refractivity contribution in [1.29, 1.82) is 0 Å². The van der Waals surface area contributed by atoms with Crippen molar-refractivity contribution in [1.82, 2.24) is 46.0 Å². The number of carbonyl (C=O) groups is 4. The number of hydrazine groups is 1. The highest BCUT2D eigenvalue weighted by Gasteiger charge is 2.57. The molecule has 2 fully saturated rings. The number of pyridine rings is 1. The number of alkyl carbamates (subject to hydrolysis) is 1. The molecule has 4 amide bonds. The van der Waals surface area contributed by atoms with Crippen LogP contribution in [0.1, 0.15) is 56.5 Å². The molecule has 78 heavy (non-hydrogen) atoms. The van der Waals surface area contributed by atoms with Gasteiger partial charge in [-0.3, -0.25) is 19.9 Å². The van der Waals surface area contributed by atoms with Gasteiger partial charge in [-0.15, -0.1) is 0 Å². The van der Waals surface area contributed by atoms with Crippen LogP contribution in [-0.4, -0.2) is 155 Å². The van der Waals surface area contributed by atoms with Crippen LogP contribution in [0.15, 0.2) is 67.0 Å². The maximum absolute atomic E-state index is 16.0. The Morgan fingerprint density at radius 1 is 0.846 bits per heavy atom. The molecular weight excluding hydrogens is 1060 g/mol. The van der Waals surface area contributed by atoms with Crippen molar-refractivity contribution >= 4 is 29.8 Å². The predicted molar refractivity (Wildman–Crippen MR) is 258 cm³/mol. The number of piperazine rings is 1. The van der Waals surface area contributed by atoms with E-state index < -0.39 is 115 Å². The van der Waals surface area contributed by atoms with E-state index in [0.717, 1.165) is 51.4 Å². The van der Waals surface area contributed by atoms with E-state index in [2.05, 4.69) is 41.8 Å². The summed E-state index contributed by atoms with van der Waals surface area (Å²) in [6, 6.07) is 5.18. The monoisotopic (exact) mass is 1110 g/mol. The summed E-state index contributed by atoms with van der Waals surface area (Å²) in [4.78, 5) is 61.1. The summed E-state index contributed by atoms with van der Waals surface area (Å²) in [5.74, 6) is 0.501. The van der Waals surface area contributed by atoms with Crippen LogP contribution in [-0.2, 0) is 32.0 Å². The van der Waals surface area contributed by atoms with Crippen LogP contribution in [0.2, 0.25) is 0 Å². The number of fused-ring (bicyclic) bond motifs is 1. The van der Waals surface area contributed by atoms with Gasteiger partial charge in [0.1, 0.15) is 29.5 Å². The van der Waals surface area contributed by atoms with Crippen molar-refractivity contribution in [3.8, 4) is 23.1 Å². The van der Waals surface area contributed by atoms with Gasteiger partial charge in [0.25, 0.3) is 5.91 Å². The molecular formula is C50H56F10N10O8. The SMILES string of the molecule is COC(=O)N[C@H](C(=O)N[C@@H](Cc1ccc(C#Cc2ccc(N3CCN4CCOC[C@@H]4C3)nc2)cc1)[C@@H](O)CN(Cc1c(F)cc(-c2ccn(C(F)F)n2)cc1F)NC(=O)[C@@H](NC(=O)O)C(C)(C)C(F)(F)F)C(C)(C)C(F)(F)F. The quantitative estimate of drug-likeness (QED) is 0.0384. The number of alkyl halides is 8. The number of aliphatic hydroxyl groups is 1. The highest BCUT2D eigenvalue weighted by Crippen LogP contribution is 2.42. The van der Waals surface area contributed by atoms with Gasteiger partial charge in [-0.2, -0.15) is 40.2 Å². The first kappa shape index (κ1) is 60.0. The van der Waals surface area contributed by atoms with E-state index in [1.807, 2.05) is 16.8 Å². The summed E-state index contributed by atoms with van der Waals surface area (Å²) < 4.78 is 155. The Hall–Kier alpha value is -7.22. The molecule has 2 aliphatic heterocycles. The molecule has 6 rings (SSSR count). The molecule has 4 aromatic rings. The summed E-state index contributed by atoms with van der Waals surface area (Å²) in [5, 5.41) is 31.0. The van der Waals surface area contributed by atoms with Crippen LogP contribution in [0.5, 0.6) is 0 Å². The predicted octanol–water partition coefficient (Wildman–Crippen LogP) is 6.00. The number of ether oxygens (including phenoxy) is 2. The molecule has 4 heterocycles. The number of amides is 4. The topological polar surface area (TPSA) is 216 Å². The second kappa shape index (κ2) is 24.6.